The number of rotatable bonds is 2. The van der Waals surface area contributed by atoms with Crippen LogP contribution in [0.5, 0.6) is 0 Å². The lowest BCUT2D eigenvalue weighted by molar-refractivity contribution is 0.0958. The van der Waals surface area contributed by atoms with Crippen LogP contribution < -0.4 is 5.73 Å². The SMILES string of the molecule is Nc1ccc2c(c1)ncn2CC1CCCC(O)C1. The van der Waals surface area contributed by atoms with E-state index in [9.17, 15) is 5.11 Å². The van der Waals surface area contributed by atoms with Crippen LogP contribution in [0.3, 0.4) is 0 Å². The van der Waals surface area contributed by atoms with Crippen molar-refractivity contribution in [1.82, 2.24) is 9.55 Å². The molecule has 0 bridgehead atoms. The summed E-state index contributed by atoms with van der Waals surface area (Å²) < 4.78 is 2.18. The van der Waals surface area contributed by atoms with Gasteiger partial charge in [0.15, 0.2) is 0 Å². The lowest BCUT2D eigenvalue weighted by Crippen LogP contribution is -2.22. The van der Waals surface area contributed by atoms with Crippen molar-refractivity contribution in [2.24, 2.45) is 5.92 Å². The zero-order valence-electron chi connectivity index (χ0n) is 10.4. The number of aliphatic hydroxyl groups excluding tert-OH is 1. The summed E-state index contributed by atoms with van der Waals surface area (Å²) in [5.74, 6) is 0.559. The Bertz CT molecular complexity index is 549. The number of benzene rings is 1. The minimum absolute atomic E-state index is 0.116. The van der Waals surface area contributed by atoms with Gasteiger partial charge in [-0.25, -0.2) is 4.98 Å². The molecule has 1 aliphatic carbocycles. The van der Waals surface area contributed by atoms with Gasteiger partial charge >= 0.3 is 0 Å². The fraction of sp³-hybridized carbons (Fsp3) is 0.500. The number of anilines is 1. The predicted molar refractivity (Wildman–Crippen MR) is 72.1 cm³/mol. The van der Waals surface area contributed by atoms with E-state index in [0.29, 0.717) is 5.92 Å². The number of nitrogens with two attached hydrogens (primary N) is 1. The predicted octanol–water partition coefficient (Wildman–Crippen LogP) is 2.17. The van der Waals surface area contributed by atoms with Gasteiger partial charge in [0, 0.05) is 12.2 Å². The second-order valence-corrected chi connectivity index (χ2v) is 5.33. The highest BCUT2D eigenvalue weighted by Crippen LogP contribution is 2.27. The number of aliphatic hydroxyl groups is 1. The Morgan fingerprint density at radius 3 is 3.11 bits per heavy atom. The van der Waals surface area contributed by atoms with Crippen molar-refractivity contribution in [3.63, 3.8) is 0 Å². The van der Waals surface area contributed by atoms with Crippen LogP contribution >= 0.6 is 0 Å². The zero-order chi connectivity index (χ0) is 12.5. The molecular formula is C14H19N3O. The quantitative estimate of drug-likeness (QED) is 0.797. The first-order chi connectivity index (χ1) is 8.72. The lowest BCUT2D eigenvalue weighted by atomic mass is 9.87. The maximum absolute atomic E-state index is 9.72. The second kappa shape index (κ2) is 4.61. The molecule has 0 radical (unpaired) electrons. The number of hydrogen-bond acceptors (Lipinski definition) is 3. The van der Waals surface area contributed by atoms with Crippen molar-refractivity contribution in [2.45, 2.75) is 38.3 Å². The van der Waals surface area contributed by atoms with Crippen molar-refractivity contribution in [3.8, 4) is 0 Å². The molecule has 0 amide bonds. The summed E-state index contributed by atoms with van der Waals surface area (Å²) in [6.07, 6.45) is 5.96. The smallest absolute Gasteiger partial charge is 0.0958 e. The number of fused-ring (bicyclic) bond motifs is 1. The topological polar surface area (TPSA) is 64.1 Å². The van der Waals surface area contributed by atoms with Crippen molar-refractivity contribution in [2.75, 3.05) is 5.73 Å². The molecule has 0 aliphatic heterocycles. The van der Waals surface area contributed by atoms with Crippen molar-refractivity contribution >= 4 is 16.7 Å². The molecule has 1 fully saturated rings. The Kier molecular flexibility index (Phi) is 2.96. The van der Waals surface area contributed by atoms with Crippen LogP contribution in [0, 0.1) is 5.92 Å². The normalized spacial score (nSPS) is 24.5. The Labute approximate surface area is 106 Å². The van der Waals surface area contributed by atoms with Crippen LogP contribution in [0.4, 0.5) is 5.69 Å². The van der Waals surface area contributed by atoms with E-state index in [-0.39, 0.29) is 6.10 Å². The fourth-order valence-corrected chi connectivity index (χ4v) is 2.93. The molecule has 3 rings (SSSR count). The standard InChI is InChI=1S/C14H19N3O/c15-11-4-5-14-13(7-11)16-9-17(14)8-10-2-1-3-12(18)6-10/h4-5,7,9-10,12,18H,1-3,6,8,15H2. The first-order valence-electron chi connectivity index (χ1n) is 6.61. The van der Waals surface area contributed by atoms with Crippen LogP contribution in [-0.2, 0) is 6.54 Å². The van der Waals surface area contributed by atoms with E-state index in [0.717, 1.165) is 42.5 Å². The Morgan fingerprint density at radius 1 is 1.39 bits per heavy atom. The third-order valence-corrected chi connectivity index (χ3v) is 3.86. The molecule has 4 heteroatoms. The Balaban J connectivity index is 1.82. The van der Waals surface area contributed by atoms with Crippen LogP contribution in [-0.4, -0.2) is 20.8 Å². The highest BCUT2D eigenvalue weighted by molar-refractivity contribution is 5.78. The highest BCUT2D eigenvalue weighted by atomic mass is 16.3. The molecule has 18 heavy (non-hydrogen) atoms. The molecule has 3 N–H and O–H groups in total. The Morgan fingerprint density at radius 2 is 2.28 bits per heavy atom. The van der Waals surface area contributed by atoms with Crippen molar-refractivity contribution in [3.05, 3.63) is 24.5 Å². The molecular weight excluding hydrogens is 226 g/mol. The summed E-state index contributed by atoms with van der Waals surface area (Å²) in [6.45, 7) is 0.942. The zero-order valence-corrected chi connectivity index (χ0v) is 10.4. The van der Waals surface area contributed by atoms with E-state index < -0.39 is 0 Å². The van der Waals surface area contributed by atoms with Crippen molar-refractivity contribution < 1.29 is 5.11 Å². The van der Waals surface area contributed by atoms with E-state index in [4.69, 9.17) is 5.73 Å². The maximum Gasteiger partial charge on any atom is 0.0958 e. The first kappa shape index (κ1) is 11.5. The van der Waals surface area contributed by atoms with Crippen LogP contribution in [0.15, 0.2) is 24.5 Å². The van der Waals surface area contributed by atoms with Crippen molar-refractivity contribution in [1.29, 1.82) is 0 Å². The van der Waals surface area contributed by atoms with Crippen LogP contribution in [0.25, 0.3) is 11.0 Å². The molecule has 1 aromatic carbocycles. The molecule has 1 heterocycles. The van der Waals surface area contributed by atoms with Gasteiger partial charge in [-0.05, 0) is 43.4 Å². The van der Waals surface area contributed by atoms with Gasteiger partial charge in [0.2, 0.25) is 0 Å². The van der Waals surface area contributed by atoms with Gasteiger partial charge in [0.1, 0.15) is 0 Å². The van der Waals surface area contributed by atoms with Gasteiger partial charge in [0.05, 0.1) is 23.5 Å². The van der Waals surface area contributed by atoms with E-state index in [1.165, 1.54) is 6.42 Å². The number of aromatic nitrogens is 2. The van der Waals surface area contributed by atoms with Gasteiger partial charge in [-0.15, -0.1) is 0 Å². The van der Waals surface area contributed by atoms with Gasteiger partial charge in [0.25, 0.3) is 0 Å². The molecule has 1 aliphatic rings. The average Bonchev–Trinajstić information content (AvgIpc) is 2.72. The molecule has 0 spiro atoms. The minimum Gasteiger partial charge on any atom is -0.399 e. The number of imidazole rings is 1. The summed E-state index contributed by atoms with van der Waals surface area (Å²) in [7, 11) is 0. The number of nitrogens with zero attached hydrogens (tertiary/aromatic N) is 2. The summed E-state index contributed by atoms with van der Waals surface area (Å²) in [4.78, 5) is 4.38. The molecule has 2 atom stereocenters. The van der Waals surface area contributed by atoms with Gasteiger partial charge in [-0.2, -0.15) is 0 Å². The van der Waals surface area contributed by atoms with Crippen LogP contribution in [0.2, 0.25) is 0 Å². The van der Waals surface area contributed by atoms with Gasteiger partial charge in [-0.3, -0.25) is 0 Å². The molecule has 1 aromatic heterocycles. The maximum atomic E-state index is 9.72. The third-order valence-electron chi connectivity index (χ3n) is 3.86. The second-order valence-electron chi connectivity index (χ2n) is 5.33. The van der Waals surface area contributed by atoms with Crippen LogP contribution in [0.1, 0.15) is 25.7 Å². The van der Waals surface area contributed by atoms with E-state index in [1.807, 2.05) is 24.5 Å². The lowest BCUT2D eigenvalue weighted by Gasteiger charge is -2.26. The third kappa shape index (κ3) is 2.20. The molecule has 1 saturated carbocycles. The molecule has 0 saturated heterocycles. The fourth-order valence-electron chi connectivity index (χ4n) is 2.93. The van der Waals surface area contributed by atoms with E-state index in [2.05, 4.69) is 9.55 Å². The Hall–Kier alpha value is -1.55. The largest absolute Gasteiger partial charge is 0.399 e. The summed E-state index contributed by atoms with van der Waals surface area (Å²) >= 11 is 0. The molecule has 2 unspecified atom stereocenters. The average molecular weight is 245 g/mol. The molecule has 2 aromatic rings. The highest BCUT2D eigenvalue weighted by Gasteiger charge is 2.20. The van der Waals surface area contributed by atoms with E-state index >= 15 is 0 Å². The van der Waals surface area contributed by atoms with Gasteiger partial charge in [-0.1, -0.05) is 6.42 Å². The summed E-state index contributed by atoms with van der Waals surface area (Å²) in [5.41, 5.74) is 8.58. The number of hydrogen-bond donors (Lipinski definition) is 2. The molecule has 4 nitrogen and oxygen atoms in total. The monoisotopic (exact) mass is 245 g/mol. The number of nitrogen functional groups attached to an aromatic ring is 1. The summed E-state index contributed by atoms with van der Waals surface area (Å²) in [5, 5.41) is 9.72. The van der Waals surface area contributed by atoms with Gasteiger partial charge < -0.3 is 15.4 Å². The summed E-state index contributed by atoms with van der Waals surface area (Å²) in [6, 6.07) is 5.84. The molecule has 96 valence electrons. The van der Waals surface area contributed by atoms with E-state index in [1.54, 1.807) is 0 Å². The first-order valence-corrected chi connectivity index (χ1v) is 6.61. The minimum atomic E-state index is -0.116.